The molecule has 2 aliphatic heterocycles. The van der Waals surface area contributed by atoms with Gasteiger partial charge in [-0.05, 0) is 57.2 Å². The van der Waals surface area contributed by atoms with E-state index in [1.165, 1.54) is 6.26 Å². The first-order chi connectivity index (χ1) is 14.8. The van der Waals surface area contributed by atoms with Crippen molar-refractivity contribution in [3.63, 3.8) is 0 Å². The molecule has 1 aromatic heterocycles. The minimum atomic E-state index is -0.750. The third-order valence-corrected chi connectivity index (χ3v) is 6.56. The molecule has 8 heteroatoms. The van der Waals surface area contributed by atoms with Crippen LogP contribution in [-0.4, -0.2) is 66.9 Å². The van der Waals surface area contributed by atoms with Crippen LogP contribution < -0.4 is 10.6 Å². The molecule has 2 N–H and O–H groups in total. The quantitative estimate of drug-likeness (QED) is 0.617. The number of ether oxygens (including phenoxy) is 1. The molecule has 4 atom stereocenters. The highest BCUT2D eigenvalue weighted by Gasteiger charge is 2.39. The van der Waals surface area contributed by atoms with Crippen LogP contribution in [0.1, 0.15) is 56.2 Å². The molecule has 1 aromatic rings. The number of rotatable bonds is 9. The second kappa shape index (κ2) is 10.4. The lowest BCUT2D eigenvalue weighted by atomic mass is 9.90. The van der Waals surface area contributed by atoms with Crippen molar-refractivity contribution >= 4 is 17.6 Å². The number of carbonyl (C=O) groups is 3. The van der Waals surface area contributed by atoms with Crippen LogP contribution >= 0.6 is 0 Å². The lowest BCUT2D eigenvalue weighted by Crippen LogP contribution is -2.55. The van der Waals surface area contributed by atoms with Crippen LogP contribution in [0.3, 0.4) is 0 Å². The number of hydrogen-bond acceptors (Lipinski definition) is 6. The van der Waals surface area contributed by atoms with Crippen LogP contribution in [0.4, 0.5) is 0 Å². The van der Waals surface area contributed by atoms with E-state index in [9.17, 15) is 14.4 Å². The second-order valence-corrected chi connectivity index (χ2v) is 9.18. The molecule has 2 aliphatic rings. The lowest BCUT2D eigenvalue weighted by Gasteiger charge is -2.27. The average Bonchev–Trinajstić information content (AvgIpc) is 3.46. The Hall–Kier alpha value is -2.19. The average molecular weight is 434 g/mol. The number of nitrogens with one attached hydrogen (secondary N) is 2. The molecule has 0 spiro atoms. The molecule has 2 amide bonds. The summed E-state index contributed by atoms with van der Waals surface area (Å²) in [6, 6.07) is 0.156. The van der Waals surface area contributed by atoms with Crippen molar-refractivity contribution in [2.24, 2.45) is 11.8 Å². The highest BCUT2D eigenvalue weighted by atomic mass is 16.5. The van der Waals surface area contributed by atoms with Crippen LogP contribution in [0.2, 0.25) is 0 Å². The molecule has 3 rings (SSSR count). The summed E-state index contributed by atoms with van der Waals surface area (Å²) in [6.45, 7) is 10.6. The summed E-state index contributed by atoms with van der Waals surface area (Å²) in [4.78, 5) is 40.7. The van der Waals surface area contributed by atoms with Crippen molar-refractivity contribution in [1.29, 1.82) is 0 Å². The first-order valence-electron chi connectivity index (χ1n) is 11.3. The highest BCUT2D eigenvalue weighted by Crippen LogP contribution is 2.19. The van der Waals surface area contributed by atoms with Crippen molar-refractivity contribution in [1.82, 2.24) is 15.5 Å². The van der Waals surface area contributed by atoms with Crippen LogP contribution in [0, 0.1) is 18.8 Å². The molecule has 0 aromatic carbocycles. The number of amides is 2. The predicted molar refractivity (Wildman–Crippen MR) is 116 cm³/mol. The molecule has 31 heavy (non-hydrogen) atoms. The summed E-state index contributed by atoms with van der Waals surface area (Å²) in [5.74, 6) is 0.228. The number of Topliss-reactive ketones (excluding diaryl/α,β-unsaturated/α-hetero) is 1. The van der Waals surface area contributed by atoms with Gasteiger partial charge in [-0.2, -0.15) is 0 Å². The van der Waals surface area contributed by atoms with Crippen molar-refractivity contribution in [3.8, 4) is 0 Å². The zero-order chi connectivity index (χ0) is 22.5. The SMILES string of the molecule is Cc1occc1C(=O)N[C@@H](CC(C)C(C)C)C(=O)NC1C(=O)COC1CN1CCCC1. The Bertz CT molecular complexity index is 784. The van der Waals surface area contributed by atoms with E-state index in [4.69, 9.17) is 9.15 Å². The molecular weight excluding hydrogens is 398 g/mol. The van der Waals surface area contributed by atoms with Crippen molar-refractivity contribution in [2.45, 2.75) is 65.1 Å². The number of ketones is 1. The Morgan fingerprint density at radius 1 is 1.23 bits per heavy atom. The van der Waals surface area contributed by atoms with Gasteiger partial charge in [0.25, 0.3) is 5.91 Å². The zero-order valence-corrected chi connectivity index (χ0v) is 19.0. The van der Waals surface area contributed by atoms with E-state index in [-0.39, 0.29) is 36.2 Å². The molecule has 0 bridgehead atoms. The number of furan rings is 1. The molecular formula is C23H35N3O5. The van der Waals surface area contributed by atoms with Gasteiger partial charge in [0.1, 0.15) is 24.5 Å². The first kappa shape index (κ1) is 23.5. The zero-order valence-electron chi connectivity index (χ0n) is 19.0. The van der Waals surface area contributed by atoms with Gasteiger partial charge < -0.3 is 24.7 Å². The molecule has 172 valence electrons. The molecule has 3 unspecified atom stereocenters. The van der Waals surface area contributed by atoms with Gasteiger partial charge in [-0.25, -0.2) is 0 Å². The summed E-state index contributed by atoms with van der Waals surface area (Å²) < 4.78 is 10.9. The third kappa shape index (κ3) is 5.95. The molecule has 0 saturated carbocycles. The summed E-state index contributed by atoms with van der Waals surface area (Å²) in [6.07, 6.45) is 3.86. The Morgan fingerprint density at radius 3 is 2.55 bits per heavy atom. The first-order valence-corrected chi connectivity index (χ1v) is 11.3. The fourth-order valence-corrected chi connectivity index (χ4v) is 4.12. The van der Waals surface area contributed by atoms with Gasteiger partial charge in [-0.3, -0.25) is 14.4 Å². The van der Waals surface area contributed by atoms with Gasteiger partial charge in [-0.1, -0.05) is 20.8 Å². The topological polar surface area (TPSA) is 101 Å². The predicted octanol–water partition coefficient (Wildman–Crippen LogP) is 1.92. The molecule has 2 fully saturated rings. The summed E-state index contributed by atoms with van der Waals surface area (Å²) >= 11 is 0. The fourth-order valence-electron chi connectivity index (χ4n) is 4.12. The van der Waals surface area contributed by atoms with Crippen LogP contribution in [0.15, 0.2) is 16.7 Å². The molecule has 2 saturated heterocycles. The monoisotopic (exact) mass is 433 g/mol. The number of aryl methyl sites for hydroxylation is 1. The van der Waals surface area contributed by atoms with Crippen molar-refractivity contribution in [3.05, 3.63) is 23.7 Å². The van der Waals surface area contributed by atoms with Gasteiger partial charge in [0.05, 0.1) is 17.9 Å². The number of nitrogens with zero attached hydrogens (tertiary/aromatic N) is 1. The molecule has 0 radical (unpaired) electrons. The normalized spacial score (nSPS) is 23.8. The van der Waals surface area contributed by atoms with Crippen molar-refractivity contribution in [2.75, 3.05) is 26.2 Å². The number of likely N-dealkylation sites (tertiary alicyclic amines) is 1. The van der Waals surface area contributed by atoms with Gasteiger partial charge in [0.15, 0.2) is 5.78 Å². The number of carbonyl (C=O) groups excluding carboxylic acids is 3. The maximum Gasteiger partial charge on any atom is 0.255 e. The van der Waals surface area contributed by atoms with Crippen molar-refractivity contribution < 1.29 is 23.5 Å². The Kier molecular flexibility index (Phi) is 7.89. The van der Waals surface area contributed by atoms with Gasteiger partial charge in [0.2, 0.25) is 5.91 Å². The second-order valence-electron chi connectivity index (χ2n) is 9.18. The highest BCUT2D eigenvalue weighted by molar-refractivity contribution is 5.99. The third-order valence-electron chi connectivity index (χ3n) is 6.56. The van der Waals surface area contributed by atoms with E-state index in [0.29, 0.717) is 30.2 Å². The molecule has 0 aliphatic carbocycles. The van der Waals surface area contributed by atoms with Gasteiger partial charge >= 0.3 is 0 Å². The summed E-state index contributed by atoms with van der Waals surface area (Å²) in [5, 5.41) is 5.73. The minimum absolute atomic E-state index is 0.0110. The standard InChI is InChI=1S/C23H35N3O5/c1-14(2)15(3)11-18(24-22(28)17-7-10-30-16(17)4)23(29)25-21-19(27)13-31-20(21)12-26-8-5-6-9-26/h7,10,14-15,18,20-21H,5-6,8-9,11-13H2,1-4H3,(H,24,28)(H,25,29)/t15?,18-,20?,21?/m0/s1. The van der Waals surface area contributed by atoms with Crippen LogP contribution in [-0.2, 0) is 14.3 Å². The van der Waals surface area contributed by atoms with Crippen LogP contribution in [0.5, 0.6) is 0 Å². The Labute approximate surface area is 184 Å². The van der Waals surface area contributed by atoms with E-state index < -0.39 is 12.1 Å². The Balaban J connectivity index is 1.69. The maximum absolute atomic E-state index is 13.2. The van der Waals surface area contributed by atoms with E-state index in [1.54, 1.807) is 13.0 Å². The van der Waals surface area contributed by atoms with E-state index >= 15 is 0 Å². The van der Waals surface area contributed by atoms with E-state index in [0.717, 1.165) is 25.9 Å². The summed E-state index contributed by atoms with van der Waals surface area (Å²) in [5.41, 5.74) is 0.405. The lowest BCUT2D eigenvalue weighted by molar-refractivity contribution is -0.128. The maximum atomic E-state index is 13.2. The number of hydrogen-bond donors (Lipinski definition) is 2. The van der Waals surface area contributed by atoms with Crippen LogP contribution in [0.25, 0.3) is 0 Å². The summed E-state index contributed by atoms with van der Waals surface area (Å²) in [7, 11) is 0. The van der Waals surface area contributed by atoms with E-state index in [2.05, 4.69) is 36.3 Å². The Morgan fingerprint density at radius 2 is 1.94 bits per heavy atom. The smallest absolute Gasteiger partial charge is 0.255 e. The largest absolute Gasteiger partial charge is 0.469 e. The van der Waals surface area contributed by atoms with Gasteiger partial charge in [0, 0.05) is 6.54 Å². The van der Waals surface area contributed by atoms with Gasteiger partial charge in [-0.15, -0.1) is 0 Å². The van der Waals surface area contributed by atoms with E-state index in [1.807, 2.05) is 0 Å². The molecule has 3 heterocycles. The minimum Gasteiger partial charge on any atom is -0.469 e. The fraction of sp³-hybridized carbons (Fsp3) is 0.696. The molecule has 8 nitrogen and oxygen atoms in total.